The van der Waals surface area contributed by atoms with Crippen molar-refractivity contribution in [2.45, 2.75) is 38.6 Å². The van der Waals surface area contributed by atoms with Crippen LogP contribution in [-0.2, 0) is 16.0 Å². The lowest BCUT2D eigenvalue weighted by atomic mass is 10.00. The second kappa shape index (κ2) is 10.0. The first kappa shape index (κ1) is 20.8. The van der Waals surface area contributed by atoms with Crippen LogP contribution < -0.4 is 10.2 Å². The summed E-state index contributed by atoms with van der Waals surface area (Å²) in [6.07, 6.45) is 4.65. The standard InChI is InChI=1S/C23H28N4O2/c1-3-23(29)25-19-9-10-22(24-16-19)27-14-12-20(15-21(27)17-28)26(2)13-11-18-7-5-4-6-8-18/h4-10,16,20H,3,11-15H2,1-2H3,(H,25,29). The molecule has 0 saturated carbocycles. The van der Waals surface area contributed by atoms with Crippen molar-refractivity contribution in [3.8, 4) is 0 Å². The smallest absolute Gasteiger partial charge is 0.224 e. The van der Waals surface area contributed by atoms with Gasteiger partial charge in [-0.2, -0.15) is 0 Å². The number of amides is 1. The third-order valence-corrected chi connectivity index (χ3v) is 5.41. The summed E-state index contributed by atoms with van der Waals surface area (Å²) in [6, 6.07) is 14.4. The highest BCUT2D eigenvalue weighted by molar-refractivity contribution is 5.90. The van der Waals surface area contributed by atoms with Gasteiger partial charge in [0.25, 0.3) is 0 Å². The molecule has 29 heavy (non-hydrogen) atoms. The quantitative estimate of drug-likeness (QED) is 0.733. The second-order valence-electron chi connectivity index (χ2n) is 7.37. The molecule has 1 aliphatic rings. The Hall–Kier alpha value is -2.95. The number of hydrogen-bond donors (Lipinski definition) is 1. The van der Waals surface area contributed by atoms with Crippen LogP contribution in [0.1, 0.15) is 31.7 Å². The minimum absolute atomic E-state index is 0.0487. The average molecular weight is 393 g/mol. The van der Waals surface area contributed by atoms with Gasteiger partial charge in [-0.3, -0.25) is 4.79 Å². The number of nitrogens with zero attached hydrogens (tertiary/aromatic N) is 3. The molecule has 1 N–H and O–H groups in total. The number of nitrogens with one attached hydrogen (secondary N) is 1. The van der Waals surface area contributed by atoms with Gasteiger partial charge in [0.15, 0.2) is 0 Å². The molecule has 152 valence electrons. The number of anilines is 2. The fourth-order valence-electron chi connectivity index (χ4n) is 3.58. The molecule has 2 aromatic rings. The molecule has 0 radical (unpaired) electrons. The first-order valence-electron chi connectivity index (χ1n) is 10.1. The molecule has 1 fully saturated rings. The van der Waals surface area contributed by atoms with Gasteiger partial charge >= 0.3 is 0 Å². The predicted octanol–water partition coefficient (Wildman–Crippen LogP) is 3.29. The Kier molecular flexibility index (Phi) is 7.17. The van der Waals surface area contributed by atoms with Crippen molar-refractivity contribution in [3.05, 3.63) is 59.9 Å². The highest BCUT2D eigenvalue weighted by Gasteiger charge is 2.28. The molecule has 3 rings (SSSR count). The number of rotatable bonds is 7. The summed E-state index contributed by atoms with van der Waals surface area (Å²) in [6.45, 7) is 3.47. The SMILES string of the molecule is CCC(=O)Nc1ccc(N2CCC(N(C)CCc3ccccc3)CC2=C=O)nc1. The van der Waals surface area contributed by atoms with Gasteiger partial charge in [0.05, 0.1) is 11.9 Å². The van der Waals surface area contributed by atoms with Gasteiger partial charge in [0.1, 0.15) is 17.5 Å². The number of likely N-dealkylation sites (N-methyl/N-ethyl adjacent to an activating group) is 1. The lowest BCUT2D eigenvalue weighted by Gasteiger charge is -2.37. The third-order valence-electron chi connectivity index (χ3n) is 5.41. The van der Waals surface area contributed by atoms with Crippen molar-refractivity contribution in [1.82, 2.24) is 9.88 Å². The van der Waals surface area contributed by atoms with Crippen LogP contribution in [0.2, 0.25) is 0 Å². The van der Waals surface area contributed by atoms with Gasteiger partial charge in [0.2, 0.25) is 5.91 Å². The highest BCUT2D eigenvalue weighted by Crippen LogP contribution is 2.27. The molecule has 1 amide bonds. The zero-order valence-electron chi connectivity index (χ0n) is 17.1. The van der Waals surface area contributed by atoms with E-state index in [1.165, 1.54) is 5.56 Å². The van der Waals surface area contributed by atoms with Gasteiger partial charge in [-0.1, -0.05) is 37.3 Å². The van der Waals surface area contributed by atoms with Gasteiger partial charge in [-0.25, -0.2) is 9.78 Å². The second-order valence-corrected chi connectivity index (χ2v) is 7.37. The Morgan fingerprint density at radius 3 is 2.72 bits per heavy atom. The summed E-state index contributed by atoms with van der Waals surface area (Å²) >= 11 is 0. The molecule has 0 spiro atoms. The summed E-state index contributed by atoms with van der Waals surface area (Å²) < 4.78 is 0. The number of piperidine rings is 1. The van der Waals surface area contributed by atoms with E-state index in [-0.39, 0.29) is 5.91 Å². The summed E-state index contributed by atoms with van der Waals surface area (Å²) in [5, 5.41) is 2.79. The van der Waals surface area contributed by atoms with Crippen LogP contribution in [0.25, 0.3) is 0 Å². The Labute approximate surface area is 172 Å². The van der Waals surface area contributed by atoms with Crippen LogP contribution in [-0.4, -0.2) is 47.9 Å². The largest absolute Gasteiger partial charge is 0.325 e. The fraction of sp³-hybridized carbons (Fsp3) is 0.391. The van der Waals surface area contributed by atoms with Crippen molar-refractivity contribution >= 4 is 23.4 Å². The Balaban J connectivity index is 1.59. The van der Waals surface area contributed by atoms with E-state index in [1.807, 2.05) is 23.1 Å². The zero-order chi connectivity index (χ0) is 20.6. The molecule has 1 saturated heterocycles. The van der Waals surface area contributed by atoms with Crippen LogP contribution in [0.4, 0.5) is 11.5 Å². The van der Waals surface area contributed by atoms with E-state index in [9.17, 15) is 9.59 Å². The maximum absolute atomic E-state index is 11.6. The molecular formula is C23H28N4O2. The van der Waals surface area contributed by atoms with Gasteiger partial charge in [-0.05, 0) is 37.6 Å². The first-order chi connectivity index (χ1) is 14.1. The molecule has 0 aliphatic carbocycles. The number of carbonyl (C=O) groups is 1. The van der Waals surface area contributed by atoms with Crippen LogP contribution in [0.3, 0.4) is 0 Å². The number of benzene rings is 1. The molecule has 1 unspecified atom stereocenters. The summed E-state index contributed by atoms with van der Waals surface area (Å²) in [5.41, 5.74) is 2.61. The predicted molar refractivity (Wildman–Crippen MR) is 116 cm³/mol. The van der Waals surface area contributed by atoms with E-state index in [1.54, 1.807) is 13.1 Å². The van der Waals surface area contributed by atoms with Crippen LogP contribution in [0.5, 0.6) is 0 Å². The monoisotopic (exact) mass is 392 g/mol. The Morgan fingerprint density at radius 1 is 1.28 bits per heavy atom. The van der Waals surface area contributed by atoms with E-state index >= 15 is 0 Å². The fourth-order valence-corrected chi connectivity index (χ4v) is 3.58. The Bertz CT molecular complexity index is 860. The number of hydrogen-bond acceptors (Lipinski definition) is 5. The van der Waals surface area contributed by atoms with Crippen molar-refractivity contribution in [1.29, 1.82) is 0 Å². The molecule has 6 nitrogen and oxygen atoms in total. The topological polar surface area (TPSA) is 65.5 Å². The molecule has 1 aromatic carbocycles. The molecule has 1 aliphatic heterocycles. The zero-order valence-corrected chi connectivity index (χ0v) is 17.1. The van der Waals surface area contributed by atoms with Crippen LogP contribution >= 0.6 is 0 Å². The first-order valence-corrected chi connectivity index (χ1v) is 10.1. The van der Waals surface area contributed by atoms with Crippen molar-refractivity contribution < 1.29 is 9.59 Å². The van der Waals surface area contributed by atoms with Gasteiger partial charge in [0, 0.05) is 32.0 Å². The maximum atomic E-state index is 11.6. The summed E-state index contributed by atoms with van der Waals surface area (Å²) in [4.78, 5) is 31.8. The van der Waals surface area contributed by atoms with Crippen LogP contribution in [0.15, 0.2) is 54.4 Å². The summed E-state index contributed by atoms with van der Waals surface area (Å²) in [7, 11) is 2.12. The van der Waals surface area contributed by atoms with E-state index in [2.05, 4.69) is 52.5 Å². The minimum atomic E-state index is -0.0487. The minimum Gasteiger partial charge on any atom is -0.325 e. The third kappa shape index (κ3) is 5.53. The number of aromatic nitrogens is 1. The molecule has 6 heteroatoms. The highest BCUT2D eigenvalue weighted by atomic mass is 16.1. The van der Waals surface area contributed by atoms with Crippen LogP contribution in [0, 0.1) is 0 Å². The van der Waals surface area contributed by atoms with E-state index in [0.29, 0.717) is 36.1 Å². The maximum Gasteiger partial charge on any atom is 0.224 e. The van der Waals surface area contributed by atoms with E-state index in [4.69, 9.17) is 0 Å². The number of carbonyl (C=O) groups excluding carboxylic acids is 2. The van der Waals surface area contributed by atoms with Crippen molar-refractivity contribution in [3.63, 3.8) is 0 Å². The van der Waals surface area contributed by atoms with E-state index < -0.39 is 0 Å². The molecule has 1 atom stereocenters. The Morgan fingerprint density at radius 2 is 2.07 bits per heavy atom. The van der Waals surface area contributed by atoms with Crippen molar-refractivity contribution in [2.75, 3.05) is 30.4 Å². The van der Waals surface area contributed by atoms with Crippen molar-refractivity contribution in [2.24, 2.45) is 0 Å². The normalized spacial score (nSPS) is 16.6. The molecule has 1 aromatic heterocycles. The van der Waals surface area contributed by atoms with Gasteiger partial charge in [-0.15, -0.1) is 0 Å². The summed E-state index contributed by atoms with van der Waals surface area (Å²) in [5.74, 6) is 2.79. The van der Waals surface area contributed by atoms with E-state index in [0.717, 1.165) is 25.9 Å². The molecule has 0 bridgehead atoms. The molecule has 2 heterocycles. The van der Waals surface area contributed by atoms with Gasteiger partial charge < -0.3 is 15.1 Å². The molecular weight excluding hydrogens is 364 g/mol. The number of pyridine rings is 1. The average Bonchev–Trinajstić information content (AvgIpc) is 2.78. The lowest BCUT2D eigenvalue weighted by molar-refractivity contribution is -0.115. The lowest BCUT2D eigenvalue weighted by Crippen LogP contribution is -2.43.